The van der Waals surface area contributed by atoms with E-state index in [2.05, 4.69) is 15.0 Å². The second-order valence-electron chi connectivity index (χ2n) is 4.97. The highest BCUT2D eigenvalue weighted by Crippen LogP contribution is 2.13. The molecule has 0 fully saturated rings. The van der Waals surface area contributed by atoms with Crippen molar-refractivity contribution in [3.8, 4) is 0 Å². The van der Waals surface area contributed by atoms with Gasteiger partial charge < -0.3 is 9.88 Å². The molecule has 0 spiro atoms. The maximum absolute atomic E-state index is 12.4. The highest BCUT2D eigenvalue weighted by Gasteiger charge is 2.12. The maximum Gasteiger partial charge on any atom is 0.253 e. The summed E-state index contributed by atoms with van der Waals surface area (Å²) in [4.78, 5) is 25.3. The molecule has 2 heterocycles. The van der Waals surface area contributed by atoms with Gasteiger partial charge in [-0.2, -0.15) is 0 Å². The van der Waals surface area contributed by atoms with Crippen molar-refractivity contribution in [1.82, 2.24) is 19.9 Å². The van der Waals surface area contributed by atoms with Crippen LogP contribution in [0.2, 0.25) is 0 Å². The minimum atomic E-state index is 0.0144. The van der Waals surface area contributed by atoms with Gasteiger partial charge in [0.05, 0.1) is 17.4 Å². The largest absolute Gasteiger partial charge is 0.345 e. The average molecular weight is 280 g/mol. The van der Waals surface area contributed by atoms with Crippen LogP contribution in [0.4, 0.5) is 0 Å². The number of benzene rings is 1. The molecular weight excluding hydrogens is 264 g/mol. The number of fused-ring (bicyclic) bond motifs is 1. The molecule has 1 N–H and O–H groups in total. The predicted molar refractivity (Wildman–Crippen MR) is 81.0 cm³/mol. The lowest BCUT2D eigenvalue weighted by Gasteiger charge is -2.17. The number of carbonyl (C=O) groups is 1. The number of imidazole rings is 1. The molecule has 0 aliphatic carbocycles. The summed E-state index contributed by atoms with van der Waals surface area (Å²) in [7, 11) is 1.82. The molecule has 1 amide bonds. The number of H-pyrrole nitrogens is 1. The molecule has 0 saturated carbocycles. The van der Waals surface area contributed by atoms with Crippen LogP contribution in [-0.2, 0) is 6.42 Å². The number of amides is 1. The van der Waals surface area contributed by atoms with Gasteiger partial charge in [-0.3, -0.25) is 9.78 Å². The molecule has 0 radical (unpaired) electrons. The Morgan fingerprint density at radius 1 is 1.24 bits per heavy atom. The van der Waals surface area contributed by atoms with Gasteiger partial charge in [0.15, 0.2) is 0 Å². The predicted octanol–water partition coefficient (Wildman–Crippen LogP) is 2.27. The average Bonchev–Trinajstić information content (AvgIpc) is 3.00. The minimum absolute atomic E-state index is 0.0144. The van der Waals surface area contributed by atoms with E-state index in [-0.39, 0.29) is 5.91 Å². The number of pyridine rings is 1. The van der Waals surface area contributed by atoms with Gasteiger partial charge >= 0.3 is 0 Å². The van der Waals surface area contributed by atoms with Gasteiger partial charge in [-0.25, -0.2) is 4.98 Å². The Balaban J connectivity index is 1.69. The number of rotatable bonds is 4. The molecule has 1 aromatic carbocycles. The third-order valence-corrected chi connectivity index (χ3v) is 3.50. The van der Waals surface area contributed by atoms with Crippen LogP contribution in [0.1, 0.15) is 15.9 Å². The number of hydrogen-bond donors (Lipinski definition) is 1. The van der Waals surface area contributed by atoms with E-state index in [0.717, 1.165) is 17.5 Å². The number of carbonyl (C=O) groups excluding carboxylic acids is 1. The van der Waals surface area contributed by atoms with Crippen LogP contribution in [0.15, 0.2) is 49.1 Å². The number of aromatic amines is 1. The van der Waals surface area contributed by atoms with Gasteiger partial charge in [-0.1, -0.05) is 0 Å². The van der Waals surface area contributed by atoms with Gasteiger partial charge in [0.1, 0.15) is 0 Å². The molecule has 21 heavy (non-hydrogen) atoms. The molecule has 0 atom stereocenters. The SMILES string of the molecule is CN(CCc1ccncc1)C(=O)c1ccc2nc[nH]c2c1. The maximum atomic E-state index is 12.4. The van der Waals surface area contributed by atoms with E-state index in [9.17, 15) is 4.79 Å². The molecule has 2 aromatic heterocycles. The summed E-state index contributed by atoms with van der Waals surface area (Å²) in [5.41, 5.74) is 3.59. The molecule has 0 aliphatic rings. The Morgan fingerprint density at radius 3 is 2.86 bits per heavy atom. The number of aromatic nitrogens is 3. The van der Waals surface area contributed by atoms with Gasteiger partial charge in [0, 0.05) is 31.5 Å². The lowest BCUT2D eigenvalue weighted by atomic mass is 10.1. The van der Waals surface area contributed by atoms with E-state index in [1.807, 2.05) is 37.4 Å². The van der Waals surface area contributed by atoms with Crippen molar-refractivity contribution in [2.24, 2.45) is 0 Å². The molecule has 0 aliphatic heterocycles. The summed E-state index contributed by atoms with van der Waals surface area (Å²) >= 11 is 0. The van der Waals surface area contributed by atoms with Crippen LogP contribution in [-0.4, -0.2) is 39.4 Å². The summed E-state index contributed by atoms with van der Waals surface area (Å²) in [5, 5.41) is 0. The Labute approximate surface area is 122 Å². The van der Waals surface area contributed by atoms with E-state index >= 15 is 0 Å². The number of nitrogens with one attached hydrogen (secondary N) is 1. The smallest absolute Gasteiger partial charge is 0.253 e. The van der Waals surface area contributed by atoms with Crippen molar-refractivity contribution in [3.63, 3.8) is 0 Å². The van der Waals surface area contributed by atoms with Crippen LogP contribution in [0, 0.1) is 0 Å². The molecule has 3 aromatic rings. The summed E-state index contributed by atoms with van der Waals surface area (Å²) in [6.07, 6.45) is 5.98. The number of hydrogen-bond acceptors (Lipinski definition) is 3. The van der Waals surface area contributed by atoms with E-state index < -0.39 is 0 Å². The topological polar surface area (TPSA) is 61.9 Å². The Bertz CT molecular complexity index is 751. The van der Waals surface area contributed by atoms with Gasteiger partial charge in [-0.15, -0.1) is 0 Å². The first-order valence-electron chi connectivity index (χ1n) is 6.81. The third kappa shape index (κ3) is 2.91. The van der Waals surface area contributed by atoms with Crippen molar-refractivity contribution in [2.75, 3.05) is 13.6 Å². The highest BCUT2D eigenvalue weighted by atomic mass is 16.2. The van der Waals surface area contributed by atoms with Gasteiger partial charge in [-0.05, 0) is 42.3 Å². The first-order chi connectivity index (χ1) is 10.2. The normalized spacial score (nSPS) is 10.7. The van der Waals surface area contributed by atoms with Crippen molar-refractivity contribution in [2.45, 2.75) is 6.42 Å². The zero-order valence-corrected chi connectivity index (χ0v) is 11.8. The van der Waals surface area contributed by atoms with Crippen molar-refractivity contribution in [3.05, 3.63) is 60.2 Å². The van der Waals surface area contributed by atoms with Crippen LogP contribution < -0.4 is 0 Å². The first kappa shape index (κ1) is 13.3. The third-order valence-electron chi connectivity index (χ3n) is 3.50. The second kappa shape index (κ2) is 5.75. The zero-order chi connectivity index (χ0) is 14.7. The number of nitrogens with zero attached hydrogens (tertiary/aromatic N) is 3. The van der Waals surface area contributed by atoms with Crippen molar-refractivity contribution >= 4 is 16.9 Å². The Hall–Kier alpha value is -2.69. The van der Waals surface area contributed by atoms with Crippen molar-refractivity contribution in [1.29, 1.82) is 0 Å². The summed E-state index contributed by atoms with van der Waals surface area (Å²) in [6.45, 7) is 0.670. The first-order valence-corrected chi connectivity index (χ1v) is 6.81. The Morgan fingerprint density at radius 2 is 2.05 bits per heavy atom. The fraction of sp³-hybridized carbons (Fsp3) is 0.188. The molecule has 5 nitrogen and oxygen atoms in total. The van der Waals surface area contributed by atoms with Crippen LogP contribution >= 0.6 is 0 Å². The zero-order valence-electron chi connectivity index (χ0n) is 11.8. The van der Waals surface area contributed by atoms with Gasteiger partial charge in [0.2, 0.25) is 0 Å². The molecule has 0 saturated heterocycles. The fourth-order valence-corrected chi connectivity index (χ4v) is 2.24. The standard InChI is InChI=1S/C16H16N4O/c1-20(9-6-12-4-7-17-8-5-12)16(21)13-2-3-14-15(10-13)19-11-18-14/h2-5,7-8,10-11H,6,9H2,1H3,(H,18,19). The molecule has 5 heteroatoms. The van der Waals surface area contributed by atoms with Crippen LogP contribution in [0.5, 0.6) is 0 Å². The monoisotopic (exact) mass is 280 g/mol. The number of likely N-dealkylation sites (N-methyl/N-ethyl adjacent to an activating group) is 1. The van der Waals surface area contributed by atoms with Crippen molar-refractivity contribution < 1.29 is 4.79 Å². The summed E-state index contributed by atoms with van der Waals surface area (Å²) < 4.78 is 0. The summed E-state index contributed by atoms with van der Waals surface area (Å²) in [5.74, 6) is 0.0144. The molecule has 106 valence electrons. The van der Waals surface area contributed by atoms with Gasteiger partial charge in [0.25, 0.3) is 5.91 Å². The fourth-order valence-electron chi connectivity index (χ4n) is 2.24. The lowest BCUT2D eigenvalue weighted by molar-refractivity contribution is 0.0797. The van der Waals surface area contributed by atoms with E-state index in [4.69, 9.17) is 0 Å². The molecule has 3 rings (SSSR count). The van der Waals surface area contributed by atoms with E-state index in [0.29, 0.717) is 12.1 Å². The van der Waals surface area contributed by atoms with E-state index in [1.54, 1.807) is 23.6 Å². The quantitative estimate of drug-likeness (QED) is 0.797. The van der Waals surface area contributed by atoms with Crippen LogP contribution in [0.3, 0.4) is 0 Å². The summed E-state index contributed by atoms with van der Waals surface area (Å²) in [6, 6.07) is 9.45. The molecule has 0 bridgehead atoms. The van der Waals surface area contributed by atoms with Crippen LogP contribution in [0.25, 0.3) is 11.0 Å². The molecule has 0 unspecified atom stereocenters. The minimum Gasteiger partial charge on any atom is -0.345 e. The molecular formula is C16H16N4O. The Kier molecular flexibility index (Phi) is 3.64. The second-order valence-corrected chi connectivity index (χ2v) is 4.97. The lowest BCUT2D eigenvalue weighted by Crippen LogP contribution is -2.28. The van der Waals surface area contributed by atoms with E-state index in [1.165, 1.54) is 5.56 Å². The highest BCUT2D eigenvalue weighted by molar-refractivity contribution is 5.97.